The molecule has 30 heavy (non-hydrogen) atoms. The largest absolute Gasteiger partial charge is 0.347 e. The molecule has 0 radical (unpaired) electrons. The summed E-state index contributed by atoms with van der Waals surface area (Å²) in [7, 11) is -4.06. The van der Waals surface area contributed by atoms with Crippen LogP contribution in [0.3, 0.4) is 0 Å². The molecule has 0 saturated heterocycles. The number of amides is 2. The van der Waals surface area contributed by atoms with Crippen LogP contribution in [-0.4, -0.2) is 38.6 Å². The van der Waals surface area contributed by atoms with Crippen LogP contribution in [0.4, 0.5) is 20.2 Å². The van der Waals surface area contributed by atoms with E-state index in [1.165, 1.54) is 12.1 Å². The number of carbonyl (C=O) groups excluding carboxylic acids is 2. The van der Waals surface area contributed by atoms with Gasteiger partial charge >= 0.3 is 0 Å². The van der Waals surface area contributed by atoms with Gasteiger partial charge in [0.2, 0.25) is 15.9 Å². The molecule has 2 amide bonds. The van der Waals surface area contributed by atoms with Crippen LogP contribution in [-0.2, 0) is 14.8 Å². The molecule has 0 heterocycles. The molecule has 0 saturated carbocycles. The first-order valence-electron chi connectivity index (χ1n) is 8.92. The van der Waals surface area contributed by atoms with Gasteiger partial charge in [-0.1, -0.05) is 12.1 Å². The minimum Gasteiger partial charge on any atom is -0.347 e. The molecule has 0 aliphatic heterocycles. The number of nitrogens with zero attached hydrogens (tertiary/aromatic N) is 1. The lowest BCUT2D eigenvalue weighted by molar-refractivity contribution is -0.114. The Bertz CT molecular complexity index is 1070. The molecule has 7 nitrogen and oxygen atoms in total. The lowest BCUT2D eigenvalue weighted by Gasteiger charge is -2.23. The van der Waals surface area contributed by atoms with Crippen molar-refractivity contribution in [2.45, 2.75) is 26.3 Å². The molecule has 2 aromatic carbocycles. The van der Waals surface area contributed by atoms with Crippen molar-refractivity contribution in [3.8, 4) is 0 Å². The van der Waals surface area contributed by atoms with Crippen LogP contribution in [0.5, 0.6) is 0 Å². The lowest BCUT2D eigenvalue weighted by atomic mass is 10.1. The van der Waals surface area contributed by atoms with Crippen LogP contribution in [0, 0.1) is 11.6 Å². The van der Waals surface area contributed by atoms with E-state index in [0.29, 0.717) is 10.4 Å². The van der Waals surface area contributed by atoms with E-state index in [9.17, 15) is 26.8 Å². The van der Waals surface area contributed by atoms with Crippen LogP contribution in [0.1, 0.15) is 31.1 Å². The zero-order chi connectivity index (χ0) is 22.7. The molecule has 0 atom stereocenters. The Labute approximate surface area is 174 Å². The molecule has 2 N–H and O–H groups in total. The lowest BCUT2D eigenvalue weighted by Crippen LogP contribution is -2.41. The number of halogens is 2. The average Bonchev–Trinajstić information content (AvgIpc) is 2.58. The van der Waals surface area contributed by atoms with Crippen molar-refractivity contribution in [1.82, 2.24) is 5.32 Å². The van der Waals surface area contributed by atoms with Crippen LogP contribution < -0.4 is 14.9 Å². The normalized spacial score (nSPS) is 11.7. The van der Waals surface area contributed by atoms with Crippen molar-refractivity contribution < 1.29 is 26.8 Å². The number of anilines is 2. The minimum absolute atomic E-state index is 0.164. The number of benzene rings is 2. The highest BCUT2D eigenvalue weighted by atomic mass is 32.2. The van der Waals surface area contributed by atoms with Crippen molar-refractivity contribution in [2.75, 3.05) is 22.4 Å². The summed E-state index contributed by atoms with van der Waals surface area (Å²) in [5.41, 5.74) is -0.633. The Balaban J connectivity index is 2.28. The van der Waals surface area contributed by atoms with Gasteiger partial charge in [-0.05, 0) is 45.0 Å². The van der Waals surface area contributed by atoms with Crippen molar-refractivity contribution >= 4 is 33.2 Å². The standard InChI is InChI=1S/C20H23F2N3O4S/c1-20(2,3)24-19(27)14-7-5-6-8-16(14)23-18(26)12-25(30(4,28)29)17-10-9-13(21)11-15(17)22/h5-11H,12H2,1-4H3,(H,23,26)(H,24,27). The molecule has 0 bridgehead atoms. The van der Waals surface area contributed by atoms with Crippen molar-refractivity contribution in [3.05, 3.63) is 59.7 Å². The molecule has 0 aliphatic carbocycles. The molecule has 2 aromatic rings. The van der Waals surface area contributed by atoms with E-state index in [1.54, 1.807) is 32.9 Å². The smallest absolute Gasteiger partial charge is 0.253 e. The van der Waals surface area contributed by atoms with Gasteiger partial charge in [-0.3, -0.25) is 13.9 Å². The quantitative estimate of drug-likeness (QED) is 0.724. The number of nitrogens with one attached hydrogen (secondary N) is 2. The Morgan fingerprint density at radius 1 is 1.07 bits per heavy atom. The van der Waals surface area contributed by atoms with Gasteiger partial charge in [0.15, 0.2) is 0 Å². The molecule has 0 unspecified atom stereocenters. The molecule has 0 fully saturated rings. The van der Waals surface area contributed by atoms with Gasteiger partial charge in [0, 0.05) is 11.6 Å². The zero-order valence-electron chi connectivity index (χ0n) is 17.0. The van der Waals surface area contributed by atoms with E-state index in [2.05, 4.69) is 10.6 Å². The summed E-state index contributed by atoms with van der Waals surface area (Å²) in [6, 6.07) is 8.55. The SMILES string of the molecule is CC(C)(C)NC(=O)c1ccccc1NC(=O)CN(c1ccc(F)cc1F)S(C)(=O)=O. The van der Waals surface area contributed by atoms with E-state index in [1.807, 2.05) is 0 Å². The van der Waals surface area contributed by atoms with E-state index in [4.69, 9.17) is 0 Å². The zero-order valence-corrected chi connectivity index (χ0v) is 17.8. The summed E-state index contributed by atoms with van der Waals surface area (Å²) in [4.78, 5) is 25.0. The molecule has 10 heteroatoms. The molecule has 2 rings (SSSR count). The topological polar surface area (TPSA) is 95.6 Å². The van der Waals surface area contributed by atoms with Crippen LogP contribution >= 0.6 is 0 Å². The first kappa shape index (κ1) is 23.3. The summed E-state index contributed by atoms with van der Waals surface area (Å²) in [5.74, 6) is -3.24. The molecule has 0 aliphatic rings. The maximum absolute atomic E-state index is 14.1. The molecule has 162 valence electrons. The van der Waals surface area contributed by atoms with E-state index < -0.39 is 51.2 Å². The highest BCUT2D eigenvalue weighted by Gasteiger charge is 2.25. The second kappa shape index (κ2) is 8.78. The van der Waals surface area contributed by atoms with Gasteiger partial charge in [-0.15, -0.1) is 0 Å². The van der Waals surface area contributed by atoms with Gasteiger partial charge in [-0.2, -0.15) is 0 Å². The Morgan fingerprint density at radius 2 is 1.70 bits per heavy atom. The Hall–Kier alpha value is -3.01. The third-order valence-electron chi connectivity index (χ3n) is 3.80. The van der Waals surface area contributed by atoms with E-state index in [-0.39, 0.29) is 11.3 Å². The van der Waals surface area contributed by atoms with Gasteiger partial charge in [-0.25, -0.2) is 17.2 Å². The van der Waals surface area contributed by atoms with Crippen LogP contribution in [0.25, 0.3) is 0 Å². The number of carbonyl (C=O) groups is 2. The Morgan fingerprint density at radius 3 is 2.27 bits per heavy atom. The first-order valence-corrected chi connectivity index (χ1v) is 10.8. The van der Waals surface area contributed by atoms with E-state index in [0.717, 1.165) is 18.4 Å². The molecule has 0 spiro atoms. The Kier molecular flexibility index (Phi) is 6.81. The summed E-state index contributed by atoms with van der Waals surface area (Å²) < 4.78 is 52.0. The van der Waals surface area contributed by atoms with Crippen LogP contribution in [0.2, 0.25) is 0 Å². The summed E-state index contributed by atoms with van der Waals surface area (Å²) in [5, 5.41) is 5.25. The fourth-order valence-electron chi connectivity index (χ4n) is 2.58. The van der Waals surface area contributed by atoms with Gasteiger partial charge < -0.3 is 10.6 Å². The molecular weight excluding hydrogens is 416 g/mol. The first-order chi connectivity index (χ1) is 13.8. The van der Waals surface area contributed by atoms with Crippen molar-refractivity contribution in [1.29, 1.82) is 0 Å². The monoisotopic (exact) mass is 439 g/mol. The predicted molar refractivity (Wildman–Crippen MR) is 111 cm³/mol. The van der Waals surface area contributed by atoms with Gasteiger partial charge in [0.1, 0.15) is 18.2 Å². The van der Waals surface area contributed by atoms with Gasteiger partial charge in [0.05, 0.1) is 23.2 Å². The molecule has 0 aromatic heterocycles. The second-order valence-corrected chi connectivity index (χ2v) is 9.57. The second-order valence-electron chi connectivity index (χ2n) is 7.66. The number of hydrogen-bond acceptors (Lipinski definition) is 4. The third kappa shape index (κ3) is 6.24. The average molecular weight is 439 g/mol. The summed E-state index contributed by atoms with van der Waals surface area (Å²) >= 11 is 0. The third-order valence-corrected chi connectivity index (χ3v) is 4.93. The number of para-hydroxylation sites is 1. The van der Waals surface area contributed by atoms with Gasteiger partial charge in [0.25, 0.3) is 5.91 Å². The highest BCUT2D eigenvalue weighted by molar-refractivity contribution is 7.92. The van der Waals surface area contributed by atoms with Crippen molar-refractivity contribution in [3.63, 3.8) is 0 Å². The highest BCUT2D eigenvalue weighted by Crippen LogP contribution is 2.23. The number of sulfonamides is 1. The van der Waals surface area contributed by atoms with E-state index >= 15 is 0 Å². The summed E-state index contributed by atoms with van der Waals surface area (Å²) in [6.45, 7) is 4.63. The fourth-order valence-corrected chi connectivity index (χ4v) is 3.44. The maximum atomic E-state index is 14.1. The number of rotatable bonds is 6. The fraction of sp³-hybridized carbons (Fsp3) is 0.300. The van der Waals surface area contributed by atoms with Crippen molar-refractivity contribution in [2.24, 2.45) is 0 Å². The minimum atomic E-state index is -4.06. The number of hydrogen-bond donors (Lipinski definition) is 2. The summed E-state index contributed by atoms with van der Waals surface area (Å²) in [6.07, 6.45) is 0.799. The molecular formula is C20H23F2N3O4S. The maximum Gasteiger partial charge on any atom is 0.253 e. The van der Waals surface area contributed by atoms with Crippen LogP contribution in [0.15, 0.2) is 42.5 Å². The predicted octanol–water partition coefficient (Wildman–Crippen LogP) is 2.90.